The second-order valence-electron chi connectivity index (χ2n) is 7.88. The molecular formula is C26H27N3O6S2. The van der Waals surface area contributed by atoms with Gasteiger partial charge in [-0.05, 0) is 36.8 Å². The van der Waals surface area contributed by atoms with Crippen molar-refractivity contribution in [3.8, 4) is 10.4 Å². The standard InChI is InChI=1S/C26H27N3O6S2/c1-2-34-26(32)21-16-22(18-7-4-3-5-8-18)36-24(21)27-23(30)17-35-25(31)19-9-6-10-20(15-19)28-37-29-11-13-33-14-12-29/h3-10,15-16,28H,2,11-14,17H2,1H3,(H,27,30). The van der Waals surface area contributed by atoms with Gasteiger partial charge < -0.3 is 24.2 Å². The molecular weight excluding hydrogens is 514 g/mol. The molecule has 0 aliphatic carbocycles. The van der Waals surface area contributed by atoms with Crippen molar-refractivity contribution in [2.24, 2.45) is 0 Å². The third kappa shape index (κ3) is 7.56. The molecule has 0 atom stereocenters. The summed E-state index contributed by atoms with van der Waals surface area (Å²) in [6.07, 6.45) is 0. The first kappa shape index (κ1) is 26.7. The van der Waals surface area contributed by atoms with E-state index in [1.54, 1.807) is 31.2 Å². The zero-order valence-electron chi connectivity index (χ0n) is 20.2. The molecule has 2 N–H and O–H groups in total. The van der Waals surface area contributed by atoms with Crippen LogP contribution in [0.1, 0.15) is 27.6 Å². The molecule has 0 unspecified atom stereocenters. The Morgan fingerprint density at radius 2 is 1.78 bits per heavy atom. The SMILES string of the molecule is CCOC(=O)c1cc(-c2ccccc2)sc1NC(=O)COC(=O)c1cccc(NSN2CCOCC2)c1. The molecule has 0 saturated carbocycles. The maximum Gasteiger partial charge on any atom is 0.341 e. The molecule has 37 heavy (non-hydrogen) atoms. The summed E-state index contributed by atoms with van der Waals surface area (Å²) in [6.45, 7) is 4.41. The lowest BCUT2D eigenvalue weighted by molar-refractivity contribution is -0.119. The number of nitrogens with one attached hydrogen (secondary N) is 2. The molecule has 2 aromatic carbocycles. The number of morpholine rings is 1. The minimum atomic E-state index is -0.628. The van der Waals surface area contributed by atoms with Gasteiger partial charge in [0.2, 0.25) is 0 Å². The normalized spacial score (nSPS) is 13.5. The molecule has 1 amide bonds. The molecule has 11 heteroatoms. The third-order valence-corrected chi connectivity index (χ3v) is 7.28. The van der Waals surface area contributed by atoms with Gasteiger partial charge in [0.25, 0.3) is 5.91 Å². The number of esters is 2. The predicted molar refractivity (Wildman–Crippen MR) is 145 cm³/mol. The van der Waals surface area contributed by atoms with Crippen LogP contribution in [0.25, 0.3) is 10.4 Å². The molecule has 3 aromatic rings. The number of benzene rings is 2. The van der Waals surface area contributed by atoms with E-state index in [1.165, 1.54) is 23.5 Å². The van der Waals surface area contributed by atoms with Crippen molar-refractivity contribution in [1.82, 2.24) is 4.31 Å². The second-order valence-corrected chi connectivity index (χ2v) is 9.84. The first-order chi connectivity index (χ1) is 18.0. The van der Waals surface area contributed by atoms with Gasteiger partial charge in [0, 0.05) is 35.8 Å². The lowest BCUT2D eigenvalue weighted by Crippen LogP contribution is -2.31. The second kappa shape index (κ2) is 13.2. The average Bonchev–Trinajstić information content (AvgIpc) is 3.36. The molecule has 2 heterocycles. The van der Waals surface area contributed by atoms with Crippen molar-refractivity contribution in [2.75, 3.05) is 49.6 Å². The summed E-state index contributed by atoms with van der Waals surface area (Å²) in [5.74, 6) is -1.72. The fourth-order valence-corrected chi connectivity index (χ4v) is 5.19. The highest BCUT2D eigenvalue weighted by Gasteiger charge is 2.21. The Hall–Kier alpha value is -3.38. The number of thiophene rings is 1. The van der Waals surface area contributed by atoms with Gasteiger partial charge in [0.05, 0.1) is 30.9 Å². The van der Waals surface area contributed by atoms with Crippen LogP contribution >= 0.6 is 23.5 Å². The van der Waals surface area contributed by atoms with Crippen LogP contribution in [0.15, 0.2) is 60.7 Å². The number of carbonyl (C=O) groups excluding carboxylic acids is 3. The summed E-state index contributed by atoms with van der Waals surface area (Å²) in [6, 6.07) is 18.1. The Bertz CT molecular complexity index is 1230. The Morgan fingerprint density at radius 3 is 2.54 bits per heavy atom. The summed E-state index contributed by atoms with van der Waals surface area (Å²) >= 11 is 2.70. The fourth-order valence-electron chi connectivity index (χ4n) is 3.43. The van der Waals surface area contributed by atoms with Crippen LogP contribution < -0.4 is 10.0 Å². The summed E-state index contributed by atoms with van der Waals surface area (Å²) in [5, 5.41) is 3.02. The Balaban J connectivity index is 1.35. The van der Waals surface area contributed by atoms with Gasteiger partial charge in [0.15, 0.2) is 6.61 Å². The molecule has 1 aliphatic rings. The molecule has 1 aliphatic heterocycles. The van der Waals surface area contributed by atoms with Crippen LogP contribution in [0.2, 0.25) is 0 Å². The smallest absolute Gasteiger partial charge is 0.341 e. The number of hydrogen-bond donors (Lipinski definition) is 2. The maximum absolute atomic E-state index is 12.6. The zero-order chi connectivity index (χ0) is 26.0. The highest BCUT2D eigenvalue weighted by Crippen LogP contribution is 2.36. The molecule has 4 rings (SSSR count). The van der Waals surface area contributed by atoms with Gasteiger partial charge in [-0.1, -0.05) is 36.4 Å². The molecule has 0 bridgehead atoms. The summed E-state index contributed by atoms with van der Waals surface area (Å²) in [5.41, 5.74) is 2.21. The first-order valence-corrected chi connectivity index (χ1v) is 13.3. The maximum atomic E-state index is 12.6. The number of hydrogen-bond acceptors (Lipinski definition) is 10. The average molecular weight is 542 g/mol. The van der Waals surface area contributed by atoms with Crippen molar-refractivity contribution in [3.63, 3.8) is 0 Å². The van der Waals surface area contributed by atoms with Gasteiger partial charge in [-0.3, -0.25) is 4.79 Å². The van der Waals surface area contributed by atoms with E-state index in [0.717, 1.165) is 29.2 Å². The topological polar surface area (TPSA) is 106 Å². The molecule has 1 aromatic heterocycles. The van der Waals surface area contributed by atoms with Crippen LogP contribution in [0, 0.1) is 0 Å². The Morgan fingerprint density at radius 1 is 1.00 bits per heavy atom. The molecule has 0 radical (unpaired) electrons. The van der Waals surface area contributed by atoms with Crippen LogP contribution in [-0.4, -0.2) is 61.7 Å². The van der Waals surface area contributed by atoms with Gasteiger partial charge in [-0.15, -0.1) is 11.3 Å². The van der Waals surface area contributed by atoms with E-state index in [2.05, 4.69) is 14.3 Å². The van der Waals surface area contributed by atoms with Crippen LogP contribution in [0.4, 0.5) is 10.7 Å². The van der Waals surface area contributed by atoms with Crippen LogP contribution in [-0.2, 0) is 19.0 Å². The van der Waals surface area contributed by atoms with Gasteiger partial charge >= 0.3 is 11.9 Å². The minimum Gasteiger partial charge on any atom is -0.462 e. The summed E-state index contributed by atoms with van der Waals surface area (Å²) in [7, 11) is 0. The highest BCUT2D eigenvalue weighted by atomic mass is 32.2. The van der Waals surface area contributed by atoms with Gasteiger partial charge in [-0.2, -0.15) is 0 Å². The van der Waals surface area contributed by atoms with Crippen molar-refractivity contribution in [3.05, 3.63) is 71.8 Å². The predicted octanol–water partition coefficient (Wildman–Crippen LogP) is 4.69. The van der Waals surface area contributed by atoms with E-state index < -0.39 is 24.5 Å². The van der Waals surface area contributed by atoms with E-state index in [4.69, 9.17) is 14.2 Å². The molecule has 194 valence electrons. The molecule has 0 spiro atoms. The summed E-state index contributed by atoms with van der Waals surface area (Å²) in [4.78, 5) is 38.4. The number of nitrogens with zero attached hydrogens (tertiary/aromatic N) is 1. The number of amides is 1. The van der Waals surface area contributed by atoms with E-state index in [0.29, 0.717) is 23.8 Å². The van der Waals surface area contributed by atoms with Crippen LogP contribution in [0.5, 0.6) is 0 Å². The van der Waals surface area contributed by atoms with E-state index in [-0.39, 0.29) is 12.2 Å². The van der Waals surface area contributed by atoms with Gasteiger partial charge in [-0.25, -0.2) is 13.9 Å². The first-order valence-electron chi connectivity index (χ1n) is 11.7. The largest absolute Gasteiger partial charge is 0.462 e. The van der Waals surface area contributed by atoms with E-state index >= 15 is 0 Å². The van der Waals surface area contributed by atoms with Crippen molar-refractivity contribution >= 4 is 52.0 Å². The zero-order valence-corrected chi connectivity index (χ0v) is 21.9. The van der Waals surface area contributed by atoms with Crippen molar-refractivity contribution in [1.29, 1.82) is 0 Å². The van der Waals surface area contributed by atoms with Crippen LogP contribution in [0.3, 0.4) is 0 Å². The molecule has 1 fully saturated rings. The molecule has 9 nitrogen and oxygen atoms in total. The number of rotatable bonds is 10. The van der Waals surface area contributed by atoms with Crippen molar-refractivity contribution in [2.45, 2.75) is 6.92 Å². The van der Waals surface area contributed by atoms with E-state index in [1.807, 2.05) is 36.4 Å². The third-order valence-electron chi connectivity index (χ3n) is 5.23. The Labute approximate surface area is 223 Å². The lowest BCUT2D eigenvalue weighted by atomic mass is 10.1. The summed E-state index contributed by atoms with van der Waals surface area (Å²) < 4.78 is 21.0. The van der Waals surface area contributed by atoms with Crippen molar-refractivity contribution < 1.29 is 28.6 Å². The number of anilines is 2. The highest BCUT2D eigenvalue weighted by molar-refractivity contribution is 7.98. The quantitative estimate of drug-likeness (QED) is 0.279. The lowest BCUT2D eigenvalue weighted by Gasteiger charge is -2.25. The molecule has 1 saturated heterocycles. The fraction of sp³-hybridized carbons (Fsp3) is 0.269. The van der Waals surface area contributed by atoms with E-state index in [9.17, 15) is 14.4 Å². The number of carbonyl (C=O) groups is 3. The monoisotopic (exact) mass is 541 g/mol. The number of ether oxygens (including phenoxy) is 3. The minimum absolute atomic E-state index is 0.208. The van der Waals surface area contributed by atoms with Gasteiger partial charge in [0.1, 0.15) is 5.00 Å². The Kier molecular flexibility index (Phi) is 9.55.